The summed E-state index contributed by atoms with van der Waals surface area (Å²) in [5, 5.41) is 10.4. The Morgan fingerprint density at radius 2 is 2.25 bits per heavy atom. The highest BCUT2D eigenvalue weighted by molar-refractivity contribution is 6.29. The van der Waals surface area contributed by atoms with E-state index in [1.165, 1.54) is 0 Å². The number of methoxy groups -OCH3 is 1. The van der Waals surface area contributed by atoms with E-state index in [1.807, 2.05) is 30.7 Å². The van der Waals surface area contributed by atoms with Gasteiger partial charge in [-0.25, -0.2) is 4.98 Å². The molecule has 0 aliphatic carbocycles. The molecule has 0 amide bonds. The maximum absolute atomic E-state index is 8.05. The van der Waals surface area contributed by atoms with E-state index in [2.05, 4.69) is 9.97 Å². The number of rotatable bonds is 5. The first-order valence-corrected chi connectivity index (χ1v) is 6.52. The molecule has 2 heterocycles. The van der Waals surface area contributed by atoms with Crippen LogP contribution >= 0.6 is 11.6 Å². The summed E-state index contributed by atoms with van der Waals surface area (Å²) in [7, 11) is 3.48. The van der Waals surface area contributed by atoms with Crippen molar-refractivity contribution in [3.8, 4) is 0 Å². The third-order valence-electron chi connectivity index (χ3n) is 2.76. The molecule has 0 aliphatic rings. The Balaban J connectivity index is 2.48. The predicted molar refractivity (Wildman–Crippen MR) is 80.0 cm³/mol. The maximum Gasteiger partial charge on any atom is 0.129 e. The van der Waals surface area contributed by atoms with Gasteiger partial charge >= 0.3 is 0 Å². The summed E-state index contributed by atoms with van der Waals surface area (Å²) in [5.74, 6) is 0. The Kier molecular flexibility index (Phi) is 4.79. The van der Waals surface area contributed by atoms with Gasteiger partial charge in [0.2, 0.25) is 0 Å². The topological polar surface area (TPSA) is 75.5 Å². The maximum atomic E-state index is 8.05. The molecule has 0 atom stereocenters. The van der Waals surface area contributed by atoms with Crippen LogP contribution < -0.4 is 5.32 Å². The van der Waals surface area contributed by atoms with Crippen molar-refractivity contribution in [1.29, 1.82) is 5.41 Å². The summed E-state index contributed by atoms with van der Waals surface area (Å²) in [6.07, 6.45) is 3.60. The molecule has 104 valence electrons. The summed E-state index contributed by atoms with van der Waals surface area (Å²) in [5.41, 5.74) is 3.48. The van der Waals surface area contributed by atoms with E-state index in [-0.39, 0.29) is 6.61 Å². The molecule has 0 saturated heterocycles. The van der Waals surface area contributed by atoms with Gasteiger partial charge in [0, 0.05) is 18.9 Å². The number of pyridine rings is 2. The van der Waals surface area contributed by atoms with Gasteiger partial charge in [0.25, 0.3) is 0 Å². The fourth-order valence-electron chi connectivity index (χ4n) is 1.89. The minimum absolute atomic E-state index is 0.251. The number of hydrogen-bond acceptors (Lipinski definition) is 4. The number of aromatic nitrogens is 2. The fourth-order valence-corrected chi connectivity index (χ4v) is 2.04. The first-order valence-electron chi connectivity index (χ1n) is 6.14. The Labute approximate surface area is 122 Å². The molecule has 0 saturated carbocycles. The largest absolute Gasteiger partial charge is 0.378 e. The van der Waals surface area contributed by atoms with Crippen LogP contribution in [0, 0.1) is 5.41 Å². The normalized spacial score (nSPS) is 11.8. The number of hydrogen-bond donors (Lipinski definition) is 2. The minimum atomic E-state index is 0.251. The second kappa shape index (κ2) is 6.56. The number of nitrogens with one attached hydrogen (secondary N) is 1. The summed E-state index contributed by atoms with van der Waals surface area (Å²) < 4.78 is 5.02. The van der Waals surface area contributed by atoms with Crippen molar-refractivity contribution >= 4 is 33.9 Å². The van der Waals surface area contributed by atoms with Gasteiger partial charge in [0.1, 0.15) is 11.4 Å². The van der Waals surface area contributed by atoms with E-state index < -0.39 is 0 Å². The van der Waals surface area contributed by atoms with Crippen LogP contribution in [0.15, 0.2) is 30.6 Å². The van der Waals surface area contributed by atoms with Crippen LogP contribution in [0.25, 0.3) is 16.6 Å². The van der Waals surface area contributed by atoms with Crippen LogP contribution in [0.2, 0.25) is 5.15 Å². The van der Waals surface area contributed by atoms with Crippen molar-refractivity contribution in [2.24, 2.45) is 0 Å². The average Bonchev–Trinajstić information content (AvgIpc) is 2.44. The molecule has 0 fully saturated rings. The number of quaternary nitrogens is 1. The van der Waals surface area contributed by atoms with Gasteiger partial charge in [0.05, 0.1) is 36.0 Å². The first kappa shape index (κ1) is 14.6. The average molecular weight is 292 g/mol. The lowest BCUT2D eigenvalue weighted by molar-refractivity contribution is -0.555. The van der Waals surface area contributed by atoms with Crippen LogP contribution in [-0.4, -0.2) is 36.4 Å². The quantitative estimate of drug-likeness (QED) is 0.647. The fraction of sp³-hybridized carbons (Fsp3) is 0.214. The molecule has 6 heteroatoms. The SMILES string of the molecule is C[NH2+]/C=C(\C(=N)COC)c1cnc2ccc(Cl)nc2c1. The lowest BCUT2D eigenvalue weighted by Crippen LogP contribution is -2.73. The Morgan fingerprint density at radius 3 is 2.95 bits per heavy atom. The number of nitrogens with two attached hydrogens (primary N) is 1. The van der Waals surface area contributed by atoms with Gasteiger partial charge < -0.3 is 15.5 Å². The van der Waals surface area contributed by atoms with Gasteiger partial charge in [-0.2, -0.15) is 0 Å². The monoisotopic (exact) mass is 291 g/mol. The van der Waals surface area contributed by atoms with E-state index in [1.54, 1.807) is 19.4 Å². The molecule has 2 aromatic heterocycles. The number of halogens is 1. The van der Waals surface area contributed by atoms with Gasteiger partial charge in [0.15, 0.2) is 0 Å². The molecule has 0 aromatic carbocycles. The smallest absolute Gasteiger partial charge is 0.129 e. The highest BCUT2D eigenvalue weighted by Gasteiger charge is 2.11. The number of ether oxygens (including phenoxy) is 1. The minimum Gasteiger partial charge on any atom is -0.378 e. The van der Waals surface area contributed by atoms with E-state index in [0.29, 0.717) is 16.4 Å². The summed E-state index contributed by atoms with van der Waals surface area (Å²) in [6.45, 7) is 0.251. The third-order valence-corrected chi connectivity index (χ3v) is 2.97. The Hall–Kier alpha value is -1.82. The number of fused-ring (bicyclic) bond motifs is 1. The standard InChI is InChI=1S/C14H15ClN4O/c1-17-7-10(11(16)8-20-2)9-5-13-12(18-6-9)3-4-14(15)19-13/h3-7,16-17H,8H2,1-2H3/p+1/b10-7-,16-11?. The third kappa shape index (κ3) is 3.19. The number of nitrogens with zero attached hydrogens (tertiary/aromatic N) is 2. The predicted octanol–water partition coefficient (Wildman–Crippen LogP) is 1.48. The van der Waals surface area contributed by atoms with Gasteiger partial charge in [-0.3, -0.25) is 4.98 Å². The van der Waals surface area contributed by atoms with Crippen molar-refractivity contribution in [3.05, 3.63) is 41.3 Å². The lowest BCUT2D eigenvalue weighted by Gasteiger charge is -2.08. The zero-order chi connectivity index (χ0) is 14.5. The van der Waals surface area contributed by atoms with Crippen molar-refractivity contribution in [2.75, 3.05) is 20.8 Å². The van der Waals surface area contributed by atoms with Gasteiger partial charge in [-0.05, 0) is 18.2 Å². The van der Waals surface area contributed by atoms with Crippen LogP contribution in [0.3, 0.4) is 0 Å². The molecular weight excluding hydrogens is 276 g/mol. The van der Waals surface area contributed by atoms with Crippen LogP contribution in [0.5, 0.6) is 0 Å². The van der Waals surface area contributed by atoms with Crippen molar-refractivity contribution in [3.63, 3.8) is 0 Å². The Bertz CT molecular complexity index is 669. The highest BCUT2D eigenvalue weighted by Crippen LogP contribution is 2.20. The van der Waals surface area contributed by atoms with Gasteiger partial charge in [-0.15, -0.1) is 0 Å². The zero-order valence-corrected chi connectivity index (χ0v) is 12.1. The molecule has 0 unspecified atom stereocenters. The molecule has 0 spiro atoms. The lowest BCUT2D eigenvalue weighted by atomic mass is 10.0. The van der Waals surface area contributed by atoms with Crippen LogP contribution in [0.1, 0.15) is 5.56 Å². The molecule has 2 rings (SSSR count). The summed E-state index contributed by atoms with van der Waals surface area (Å²) >= 11 is 5.90. The van der Waals surface area contributed by atoms with E-state index in [4.69, 9.17) is 21.7 Å². The molecule has 0 radical (unpaired) electrons. The highest BCUT2D eigenvalue weighted by atomic mass is 35.5. The molecule has 20 heavy (non-hydrogen) atoms. The first-order chi connectivity index (χ1) is 9.65. The van der Waals surface area contributed by atoms with Crippen molar-refractivity contribution in [1.82, 2.24) is 9.97 Å². The summed E-state index contributed by atoms with van der Waals surface area (Å²) in [6, 6.07) is 5.41. The van der Waals surface area contributed by atoms with Crippen molar-refractivity contribution < 1.29 is 10.1 Å². The van der Waals surface area contributed by atoms with Crippen LogP contribution in [0.4, 0.5) is 0 Å². The van der Waals surface area contributed by atoms with E-state index in [0.717, 1.165) is 16.7 Å². The molecule has 3 N–H and O–H groups in total. The van der Waals surface area contributed by atoms with Crippen molar-refractivity contribution in [2.45, 2.75) is 0 Å². The second-order valence-electron chi connectivity index (χ2n) is 4.22. The molecular formula is C14H16ClN4O+. The second-order valence-corrected chi connectivity index (χ2v) is 4.61. The summed E-state index contributed by atoms with van der Waals surface area (Å²) in [4.78, 5) is 8.60. The molecule has 0 bridgehead atoms. The van der Waals surface area contributed by atoms with E-state index in [9.17, 15) is 0 Å². The zero-order valence-electron chi connectivity index (χ0n) is 11.4. The molecule has 5 nitrogen and oxygen atoms in total. The van der Waals surface area contributed by atoms with Crippen LogP contribution in [-0.2, 0) is 4.74 Å². The van der Waals surface area contributed by atoms with Gasteiger partial charge in [-0.1, -0.05) is 11.6 Å². The molecule has 2 aromatic rings. The van der Waals surface area contributed by atoms with E-state index >= 15 is 0 Å². The Morgan fingerprint density at radius 1 is 1.45 bits per heavy atom. The molecule has 0 aliphatic heterocycles.